The van der Waals surface area contributed by atoms with Crippen LogP contribution in [0.1, 0.15) is 13.8 Å². The summed E-state index contributed by atoms with van der Waals surface area (Å²) < 4.78 is 1.28. The summed E-state index contributed by atoms with van der Waals surface area (Å²) in [6.45, 7) is 3.08. The average molecular weight is 284 g/mol. The second-order valence-corrected chi connectivity index (χ2v) is 5.04. The topological polar surface area (TPSA) is 107 Å². The Hall–Kier alpha value is -2.90. The van der Waals surface area contributed by atoms with Crippen LogP contribution in [0.25, 0.3) is 22.4 Å². The first kappa shape index (κ1) is 13.1. The van der Waals surface area contributed by atoms with Crippen LogP contribution in [0.5, 0.6) is 0 Å². The number of aliphatic carboxylic acids is 1. The first-order chi connectivity index (χ1) is 10.00. The van der Waals surface area contributed by atoms with Crippen molar-refractivity contribution in [1.29, 1.82) is 0 Å². The number of hydrogen-bond donors (Lipinski definition) is 1. The summed E-state index contributed by atoms with van der Waals surface area (Å²) in [6, 6.07) is 5.37. The van der Waals surface area contributed by atoms with Crippen molar-refractivity contribution in [2.24, 2.45) is 0 Å². The number of aromatic nitrogens is 6. The highest BCUT2D eigenvalue weighted by atomic mass is 16.4. The van der Waals surface area contributed by atoms with Gasteiger partial charge in [-0.05, 0) is 42.5 Å². The maximum atomic E-state index is 11.4. The summed E-state index contributed by atoms with van der Waals surface area (Å²) in [5, 5.41) is 20.6. The fraction of sp³-hybridized carbons (Fsp3) is 0.231. The minimum Gasteiger partial charge on any atom is -0.479 e. The molecule has 0 fully saturated rings. The zero-order chi connectivity index (χ0) is 15.0. The largest absolute Gasteiger partial charge is 0.479 e. The molecule has 0 aliphatic rings. The maximum absolute atomic E-state index is 11.4. The number of hydrogen-bond acceptors (Lipinski definition) is 6. The lowest BCUT2D eigenvalue weighted by atomic mass is 10.1. The van der Waals surface area contributed by atoms with E-state index in [1.165, 1.54) is 18.5 Å². The summed E-state index contributed by atoms with van der Waals surface area (Å²) in [5.74, 6) is -0.647. The van der Waals surface area contributed by atoms with E-state index < -0.39 is 11.5 Å². The Kier molecular flexibility index (Phi) is 2.86. The van der Waals surface area contributed by atoms with Crippen molar-refractivity contribution < 1.29 is 9.90 Å². The van der Waals surface area contributed by atoms with Gasteiger partial charge >= 0.3 is 5.97 Å². The number of rotatable bonds is 3. The number of fused-ring (bicyclic) bond motifs is 1. The molecule has 0 saturated carbocycles. The molecular weight excluding hydrogens is 272 g/mol. The third-order valence-electron chi connectivity index (χ3n) is 3.25. The van der Waals surface area contributed by atoms with Crippen molar-refractivity contribution in [2.45, 2.75) is 19.4 Å². The van der Waals surface area contributed by atoms with Crippen molar-refractivity contribution >= 4 is 17.0 Å². The van der Waals surface area contributed by atoms with E-state index in [4.69, 9.17) is 0 Å². The first-order valence-corrected chi connectivity index (χ1v) is 6.23. The molecule has 0 spiro atoms. The molecule has 0 saturated heterocycles. The summed E-state index contributed by atoms with van der Waals surface area (Å²) in [4.78, 5) is 19.8. The zero-order valence-electron chi connectivity index (χ0n) is 11.4. The quantitative estimate of drug-likeness (QED) is 0.767. The van der Waals surface area contributed by atoms with Gasteiger partial charge in [-0.1, -0.05) is 0 Å². The van der Waals surface area contributed by atoms with Crippen LogP contribution in [0.15, 0.2) is 30.6 Å². The van der Waals surface area contributed by atoms with Crippen LogP contribution in [0, 0.1) is 0 Å². The van der Waals surface area contributed by atoms with Crippen LogP contribution in [-0.4, -0.2) is 41.3 Å². The molecule has 8 heteroatoms. The van der Waals surface area contributed by atoms with Gasteiger partial charge in [0.25, 0.3) is 0 Å². The molecule has 0 aliphatic carbocycles. The van der Waals surface area contributed by atoms with Crippen molar-refractivity contribution in [3.8, 4) is 11.4 Å². The monoisotopic (exact) mass is 284 g/mol. The van der Waals surface area contributed by atoms with Gasteiger partial charge in [0.1, 0.15) is 0 Å². The predicted octanol–water partition coefficient (Wildman–Crippen LogP) is 1.10. The van der Waals surface area contributed by atoms with Crippen LogP contribution in [0.4, 0.5) is 0 Å². The van der Waals surface area contributed by atoms with Gasteiger partial charge in [0.2, 0.25) is 0 Å². The number of tetrazole rings is 1. The molecule has 0 radical (unpaired) electrons. The second kappa shape index (κ2) is 4.58. The molecule has 0 atom stereocenters. The fourth-order valence-electron chi connectivity index (χ4n) is 1.94. The molecular formula is C13H12N6O2. The highest BCUT2D eigenvalue weighted by Gasteiger charge is 2.33. The van der Waals surface area contributed by atoms with Gasteiger partial charge in [-0.15, -0.1) is 5.10 Å². The standard InChI is InChI=1S/C13H12N6O2/c1-13(2,12(20)21)19-11(16-17-18-19)8-3-4-9-10(7-8)15-6-5-14-9/h3-7H,1-2H3,(H,20,21). The Morgan fingerprint density at radius 1 is 1.19 bits per heavy atom. The van der Waals surface area contributed by atoms with Gasteiger partial charge in [-0.2, -0.15) is 0 Å². The molecule has 1 aromatic carbocycles. The van der Waals surface area contributed by atoms with E-state index in [0.29, 0.717) is 16.9 Å². The van der Waals surface area contributed by atoms with Crippen molar-refractivity contribution in [3.63, 3.8) is 0 Å². The molecule has 3 aromatic rings. The van der Waals surface area contributed by atoms with E-state index in [1.54, 1.807) is 30.6 Å². The van der Waals surface area contributed by atoms with E-state index in [-0.39, 0.29) is 0 Å². The predicted molar refractivity (Wildman–Crippen MR) is 73.3 cm³/mol. The van der Waals surface area contributed by atoms with Crippen LogP contribution >= 0.6 is 0 Å². The van der Waals surface area contributed by atoms with Crippen LogP contribution in [-0.2, 0) is 10.3 Å². The van der Waals surface area contributed by atoms with E-state index in [0.717, 1.165) is 5.52 Å². The minimum atomic E-state index is -1.25. The SMILES string of the molecule is CC(C)(C(=O)O)n1nnnc1-c1ccc2nccnc2c1. The van der Waals surface area contributed by atoms with Crippen LogP contribution < -0.4 is 0 Å². The van der Waals surface area contributed by atoms with E-state index in [1.807, 2.05) is 0 Å². The molecule has 2 heterocycles. The number of carboxylic acids is 1. The van der Waals surface area contributed by atoms with Gasteiger partial charge < -0.3 is 5.11 Å². The van der Waals surface area contributed by atoms with Gasteiger partial charge in [0.05, 0.1) is 11.0 Å². The smallest absolute Gasteiger partial charge is 0.331 e. The second-order valence-electron chi connectivity index (χ2n) is 5.04. The number of benzene rings is 1. The lowest BCUT2D eigenvalue weighted by Crippen LogP contribution is -2.37. The van der Waals surface area contributed by atoms with Crippen LogP contribution in [0.2, 0.25) is 0 Å². The number of nitrogens with zero attached hydrogens (tertiary/aromatic N) is 6. The molecule has 2 aromatic heterocycles. The molecule has 0 bridgehead atoms. The fourth-order valence-corrected chi connectivity index (χ4v) is 1.94. The average Bonchev–Trinajstić information content (AvgIpc) is 2.96. The third kappa shape index (κ3) is 2.10. The Morgan fingerprint density at radius 2 is 1.90 bits per heavy atom. The van der Waals surface area contributed by atoms with E-state index in [9.17, 15) is 9.90 Å². The Balaban J connectivity index is 2.16. The Morgan fingerprint density at radius 3 is 2.62 bits per heavy atom. The number of carbonyl (C=O) groups is 1. The van der Waals surface area contributed by atoms with Gasteiger partial charge in [-0.25, -0.2) is 9.48 Å². The molecule has 0 unspecified atom stereocenters. The summed E-state index contributed by atoms with van der Waals surface area (Å²) in [7, 11) is 0. The third-order valence-corrected chi connectivity index (χ3v) is 3.25. The van der Waals surface area contributed by atoms with Crippen molar-refractivity contribution in [3.05, 3.63) is 30.6 Å². The van der Waals surface area contributed by atoms with Gasteiger partial charge in [0.15, 0.2) is 11.4 Å². The lowest BCUT2D eigenvalue weighted by molar-refractivity contribution is -0.146. The molecule has 0 amide bonds. The molecule has 8 nitrogen and oxygen atoms in total. The molecule has 3 rings (SSSR count). The summed E-state index contributed by atoms with van der Waals surface area (Å²) >= 11 is 0. The highest BCUT2D eigenvalue weighted by Crippen LogP contribution is 2.24. The Labute approximate surface area is 119 Å². The van der Waals surface area contributed by atoms with Crippen LogP contribution in [0.3, 0.4) is 0 Å². The van der Waals surface area contributed by atoms with E-state index in [2.05, 4.69) is 25.5 Å². The maximum Gasteiger partial charge on any atom is 0.331 e. The zero-order valence-corrected chi connectivity index (χ0v) is 11.4. The van der Waals surface area contributed by atoms with Gasteiger partial charge in [0, 0.05) is 18.0 Å². The summed E-state index contributed by atoms with van der Waals surface area (Å²) in [6.07, 6.45) is 3.20. The van der Waals surface area contributed by atoms with E-state index >= 15 is 0 Å². The first-order valence-electron chi connectivity index (χ1n) is 6.23. The molecule has 21 heavy (non-hydrogen) atoms. The molecule has 106 valence electrons. The molecule has 1 N–H and O–H groups in total. The highest BCUT2D eigenvalue weighted by molar-refractivity contribution is 5.80. The lowest BCUT2D eigenvalue weighted by Gasteiger charge is -2.20. The summed E-state index contributed by atoms with van der Waals surface area (Å²) in [5.41, 5.74) is 0.869. The normalized spacial score (nSPS) is 11.7. The van der Waals surface area contributed by atoms with Crippen molar-refractivity contribution in [1.82, 2.24) is 30.2 Å². The Bertz CT molecular complexity index is 826. The molecule has 0 aliphatic heterocycles. The number of carboxylic acid groups (broad SMARTS) is 1. The van der Waals surface area contributed by atoms with Crippen molar-refractivity contribution in [2.75, 3.05) is 0 Å². The minimum absolute atomic E-state index is 0.370. The van der Waals surface area contributed by atoms with Gasteiger partial charge in [-0.3, -0.25) is 9.97 Å².